The summed E-state index contributed by atoms with van der Waals surface area (Å²) in [6.45, 7) is 0.307. The van der Waals surface area contributed by atoms with Crippen LogP contribution >= 0.6 is 0 Å². The Hall–Kier alpha value is -3.80. The second-order valence-electron chi connectivity index (χ2n) is 7.06. The molecule has 1 fully saturated rings. The van der Waals surface area contributed by atoms with Gasteiger partial charge >= 0.3 is 0 Å². The van der Waals surface area contributed by atoms with Crippen LogP contribution in [0.4, 0.5) is 0 Å². The highest BCUT2D eigenvalue weighted by atomic mass is 16.5. The minimum Gasteiger partial charge on any atom is -0.497 e. The predicted molar refractivity (Wildman–Crippen MR) is 115 cm³/mol. The number of carbonyl (C=O) groups is 1. The van der Waals surface area contributed by atoms with Gasteiger partial charge in [-0.3, -0.25) is 15.1 Å². The van der Waals surface area contributed by atoms with E-state index in [0.717, 1.165) is 5.56 Å². The molecule has 30 heavy (non-hydrogen) atoms. The third kappa shape index (κ3) is 3.26. The first kappa shape index (κ1) is 19.5. The van der Waals surface area contributed by atoms with E-state index in [1.165, 1.54) is 4.90 Å². The van der Waals surface area contributed by atoms with Crippen molar-refractivity contribution >= 4 is 11.9 Å². The summed E-state index contributed by atoms with van der Waals surface area (Å²) in [4.78, 5) is 15.3. The van der Waals surface area contributed by atoms with Crippen molar-refractivity contribution in [3.05, 3.63) is 95.6 Å². The first-order valence-corrected chi connectivity index (χ1v) is 9.60. The van der Waals surface area contributed by atoms with E-state index in [1.54, 1.807) is 14.2 Å². The number of guanidine groups is 1. The summed E-state index contributed by atoms with van der Waals surface area (Å²) in [5.41, 5.74) is 1.08. The molecule has 1 amide bonds. The summed E-state index contributed by atoms with van der Waals surface area (Å²) in [5.74, 6) is 1.10. The SMILES string of the molecule is COc1cccc(C2(c3cccc(OC)c3)NC(=N)N(Cc3ccccc3)C2=O)c1. The molecule has 0 radical (unpaired) electrons. The Morgan fingerprint density at radius 2 is 1.43 bits per heavy atom. The zero-order chi connectivity index (χ0) is 21.1. The number of amides is 1. The third-order valence-corrected chi connectivity index (χ3v) is 5.33. The van der Waals surface area contributed by atoms with Crippen LogP contribution in [0.25, 0.3) is 0 Å². The maximum absolute atomic E-state index is 13.9. The molecule has 2 N–H and O–H groups in total. The molecule has 6 heteroatoms. The van der Waals surface area contributed by atoms with Crippen molar-refractivity contribution in [2.45, 2.75) is 12.1 Å². The molecule has 0 aromatic heterocycles. The lowest BCUT2D eigenvalue weighted by Gasteiger charge is -2.29. The lowest BCUT2D eigenvalue weighted by molar-refractivity contribution is -0.130. The van der Waals surface area contributed by atoms with Gasteiger partial charge in [0.1, 0.15) is 11.5 Å². The lowest BCUT2D eigenvalue weighted by atomic mass is 9.82. The molecular formula is C24H23N3O3. The van der Waals surface area contributed by atoms with Gasteiger partial charge in [0.25, 0.3) is 5.91 Å². The van der Waals surface area contributed by atoms with Gasteiger partial charge in [-0.05, 0) is 41.0 Å². The van der Waals surface area contributed by atoms with Gasteiger partial charge in [-0.15, -0.1) is 0 Å². The Morgan fingerprint density at radius 3 is 1.97 bits per heavy atom. The van der Waals surface area contributed by atoms with E-state index in [9.17, 15) is 4.79 Å². The predicted octanol–water partition coefficient (Wildman–Crippen LogP) is 3.51. The zero-order valence-electron chi connectivity index (χ0n) is 16.9. The smallest absolute Gasteiger partial charge is 0.264 e. The molecule has 1 saturated heterocycles. The van der Waals surface area contributed by atoms with E-state index in [1.807, 2.05) is 78.9 Å². The number of hydrogen-bond acceptors (Lipinski definition) is 4. The fourth-order valence-corrected chi connectivity index (χ4v) is 3.79. The van der Waals surface area contributed by atoms with Crippen molar-refractivity contribution in [2.75, 3.05) is 14.2 Å². The van der Waals surface area contributed by atoms with Gasteiger partial charge in [0, 0.05) is 0 Å². The zero-order valence-corrected chi connectivity index (χ0v) is 16.9. The molecule has 0 bridgehead atoms. The molecule has 1 aliphatic heterocycles. The van der Waals surface area contributed by atoms with Crippen molar-refractivity contribution in [3.8, 4) is 11.5 Å². The van der Waals surface area contributed by atoms with E-state index in [2.05, 4.69) is 5.32 Å². The molecule has 0 unspecified atom stereocenters. The number of nitrogens with one attached hydrogen (secondary N) is 2. The number of hydrogen-bond donors (Lipinski definition) is 2. The second-order valence-corrected chi connectivity index (χ2v) is 7.06. The summed E-state index contributed by atoms with van der Waals surface area (Å²) in [6.07, 6.45) is 0. The van der Waals surface area contributed by atoms with Crippen molar-refractivity contribution in [1.82, 2.24) is 10.2 Å². The van der Waals surface area contributed by atoms with Crippen molar-refractivity contribution in [2.24, 2.45) is 0 Å². The Morgan fingerprint density at radius 1 is 0.867 bits per heavy atom. The molecule has 1 aliphatic rings. The highest BCUT2D eigenvalue weighted by Crippen LogP contribution is 2.38. The van der Waals surface area contributed by atoms with Crippen LogP contribution < -0.4 is 14.8 Å². The molecule has 3 aromatic rings. The highest BCUT2D eigenvalue weighted by Gasteiger charge is 2.52. The third-order valence-electron chi connectivity index (χ3n) is 5.33. The van der Waals surface area contributed by atoms with Crippen LogP contribution in [-0.4, -0.2) is 31.0 Å². The number of benzene rings is 3. The van der Waals surface area contributed by atoms with Crippen LogP contribution in [0, 0.1) is 5.41 Å². The highest BCUT2D eigenvalue weighted by molar-refractivity contribution is 6.10. The summed E-state index contributed by atoms with van der Waals surface area (Å²) >= 11 is 0. The van der Waals surface area contributed by atoms with E-state index in [-0.39, 0.29) is 11.9 Å². The molecule has 6 nitrogen and oxygen atoms in total. The monoisotopic (exact) mass is 401 g/mol. The fraction of sp³-hybridized carbons (Fsp3) is 0.167. The van der Waals surface area contributed by atoms with Crippen molar-refractivity contribution in [1.29, 1.82) is 5.41 Å². The van der Waals surface area contributed by atoms with Gasteiger partial charge in [-0.25, -0.2) is 0 Å². The molecule has 4 rings (SSSR count). The first-order valence-electron chi connectivity index (χ1n) is 9.60. The Bertz CT molecular complexity index is 1030. The molecule has 152 valence electrons. The molecule has 1 heterocycles. The van der Waals surface area contributed by atoms with Gasteiger partial charge in [-0.2, -0.15) is 0 Å². The summed E-state index contributed by atoms with van der Waals surface area (Å²) in [7, 11) is 3.18. The van der Waals surface area contributed by atoms with Gasteiger partial charge in [0.15, 0.2) is 11.5 Å². The molecule has 3 aromatic carbocycles. The normalized spacial score (nSPS) is 15.1. The average molecular weight is 401 g/mol. The standard InChI is InChI=1S/C24H23N3O3/c1-29-20-12-6-10-18(14-20)24(19-11-7-13-21(15-19)30-2)22(28)27(23(25)26-24)16-17-8-4-3-5-9-17/h3-15H,16H2,1-2H3,(H2,25,26). The summed E-state index contributed by atoms with van der Waals surface area (Å²) < 4.78 is 10.8. The number of nitrogens with zero attached hydrogens (tertiary/aromatic N) is 1. The van der Waals surface area contributed by atoms with E-state index < -0.39 is 5.54 Å². The minimum atomic E-state index is -1.26. The molecule has 0 atom stereocenters. The summed E-state index contributed by atoms with van der Waals surface area (Å²) in [5, 5.41) is 11.7. The van der Waals surface area contributed by atoms with Gasteiger partial charge < -0.3 is 14.8 Å². The number of carbonyl (C=O) groups excluding carboxylic acids is 1. The Balaban J connectivity index is 1.85. The molecule has 0 saturated carbocycles. The largest absolute Gasteiger partial charge is 0.497 e. The quantitative estimate of drug-likeness (QED) is 0.663. The summed E-state index contributed by atoms with van der Waals surface area (Å²) in [6, 6.07) is 24.4. The second kappa shape index (κ2) is 7.91. The topological polar surface area (TPSA) is 74.7 Å². The van der Waals surface area contributed by atoms with Crippen LogP contribution in [0.2, 0.25) is 0 Å². The maximum Gasteiger partial charge on any atom is 0.264 e. The fourth-order valence-electron chi connectivity index (χ4n) is 3.79. The number of rotatable bonds is 6. The van der Waals surface area contributed by atoms with Crippen LogP contribution in [0.3, 0.4) is 0 Å². The van der Waals surface area contributed by atoms with E-state index in [0.29, 0.717) is 29.2 Å². The lowest BCUT2D eigenvalue weighted by Crippen LogP contribution is -2.45. The van der Waals surface area contributed by atoms with E-state index >= 15 is 0 Å². The average Bonchev–Trinajstić information content (AvgIpc) is 3.05. The number of ether oxygens (including phenoxy) is 2. The van der Waals surface area contributed by atoms with Crippen molar-refractivity contribution in [3.63, 3.8) is 0 Å². The minimum absolute atomic E-state index is 0.0505. The van der Waals surface area contributed by atoms with Crippen LogP contribution in [-0.2, 0) is 16.9 Å². The van der Waals surface area contributed by atoms with Gasteiger partial charge in [0.2, 0.25) is 0 Å². The van der Waals surface area contributed by atoms with Crippen LogP contribution in [0.15, 0.2) is 78.9 Å². The van der Waals surface area contributed by atoms with Gasteiger partial charge in [0.05, 0.1) is 20.8 Å². The Labute approximate surface area is 175 Å². The van der Waals surface area contributed by atoms with Crippen molar-refractivity contribution < 1.29 is 14.3 Å². The molecular weight excluding hydrogens is 378 g/mol. The first-order chi connectivity index (χ1) is 14.6. The maximum atomic E-state index is 13.9. The molecule has 0 aliphatic carbocycles. The van der Waals surface area contributed by atoms with Crippen LogP contribution in [0.5, 0.6) is 11.5 Å². The van der Waals surface area contributed by atoms with Gasteiger partial charge in [-0.1, -0.05) is 54.6 Å². The van der Waals surface area contributed by atoms with E-state index in [4.69, 9.17) is 14.9 Å². The molecule has 0 spiro atoms. The Kier molecular flexibility index (Phi) is 5.14. The number of methoxy groups -OCH3 is 2. The van der Waals surface area contributed by atoms with Crippen LogP contribution in [0.1, 0.15) is 16.7 Å².